The highest BCUT2D eigenvalue weighted by atomic mass is 32.1. The summed E-state index contributed by atoms with van der Waals surface area (Å²) in [5.74, 6) is 0. The molecule has 1 aromatic carbocycles. The summed E-state index contributed by atoms with van der Waals surface area (Å²) < 4.78 is 5.21. The predicted molar refractivity (Wildman–Crippen MR) is 63.6 cm³/mol. The van der Waals surface area contributed by atoms with Crippen molar-refractivity contribution in [2.24, 2.45) is 0 Å². The summed E-state index contributed by atoms with van der Waals surface area (Å²) in [6, 6.07) is 10.5. The second kappa shape index (κ2) is 6.55. The van der Waals surface area contributed by atoms with Crippen molar-refractivity contribution in [3.8, 4) is 0 Å². The minimum atomic E-state index is 0.685. The van der Waals surface area contributed by atoms with Crippen LogP contribution in [0, 0.1) is 0 Å². The molecule has 0 aliphatic rings. The minimum Gasteiger partial charge on any atom is -0.487 e. The lowest BCUT2D eigenvalue weighted by atomic mass is 10.1. The molecular weight excluding hydrogens is 192 g/mol. The molecule has 14 heavy (non-hydrogen) atoms. The zero-order valence-electron chi connectivity index (χ0n) is 8.53. The van der Waals surface area contributed by atoms with E-state index in [1.807, 2.05) is 13.0 Å². The maximum absolute atomic E-state index is 5.21. The molecule has 0 radical (unpaired) electrons. The first-order valence-corrected chi connectivity index (χ1v) is 5.43. The third-order valence-electron chi connectivity index (χ3n) is 1.99. The maximum atomic E-state index is 5.21. The van der Waals surface area contributed by atoms with Crippen LogP contribution in [0.2, 0.25) is 0 Å². The van der Waals surface area contributed by atoms with E-state index in [-0.39, 0.29) is 0 Å². The molecule has 0 aliphatic heterocycles. The predicted octanol–water partition coefficient (Wildman–Crippen LogP) is 3.37. The van der Waals surface area contributed by atoms with Crippen molar-refractivity contribution in [3.63, 3.8) is 0 Å². The smallest absolute Gasteiger partial charge is 0.159 e. The third kappa shape index (κ3) is 4.38. The van der Waals surface area contributed by atoms with Crippen molar-refractivity contribution in [2.75, 3.05) is 6.61 Å². The molecular formula is C12H16OS. The van der Waals surface area contributed by atoms with Gasteiger partial charge in [0.25, 0.3) is 0 Å². The largest absolute Gasteiger partial charge is 0.487 e. The second-order valence-corrected chi connectivity index (χ2v) is 3.60. The van der Waals surface area contributed by atoms with Crippen LogP contribution in [0.15, 0.2) is 30.3 Å². The van der Waals surface area contributed by atoms with E-state index in [0.717, 1.165) is 24.3 Å². The van der Waals surface area contributed by atoms with E-state index < -0.39 is 0 Å². The highest BCUT2D eigenvalue weighted by Crippen LogP contribution is 2.05. The molecule has 0 N–H and O–H groups in total. The molecule has 0 saturated heterocycles. The molecule has 0 fully saturated rings. The third-order valence-corrected chi connectivity index (χ3v) is 2.32. The molecule has 0 spiro atoms. The van der Waals surface area contributed by atoms with Gasteiger partial charge in [-0.1, -0.05) is 30.3 Å². The Morgan fingerprint density at radius 3 is 2.64 bits per heavy atom. The molecule has 0 aliphatic carbocycles. The molecule has 1 rings (SSSR count). The molecule has 2 heteroatoms. The van der Waals surface area contributed by atoms with Crippen LogP contribution < -0.4 is 0 Å². The van der Waals surface area contributed by atoms with Crippen LogP contribution in [-0.4, -0.2) is 11.7 Å². The normalized spacial score (nSPS) is 9.79. The van der Waals surface area contributed by atoms with Gasteiger partial charge in [-0.3, -0.25) is 0 Å². The van der Waals surface area contributed by atoms with Crippen LogP contribution in [0.3, 0.4) is 0 Å². The van der Waals surface area contributed by atoms with Crippen molar-refractivity contribution in [1.29, 1.82) is 0 Å². The Morgan fingerprint density at radius 2 is 2.00 bits per heavy atom. The Kier molecular flexibility index (Phi) is 5.23. The quantitative estimate of drug-likeness (QED) is 0.686. The van der Waals surface area contributed by atoms with E-state index in [1.165, 1.54) is 5.56 Å². The first-order chi connectivity index (χ1) is 6.83. The van der Waals surface area contributed by atoms with Crippen molar-refractivity contribution in [1.82, 2.24) is 0 Å². The lowest BCUT2D eigenvalue weighted by molar-refractivity contribution is 0.326. The number of benzene rings is 1. The lowest BCUT2D eigenvalue weighted by Crippen LogP contribution is -2.01. The first kappa shape index (κ1) is 11.2. The van der Waals surface area contributed by atoms with Crippen LogP contribution >= 0.6 is 12.2 Å². The molecule has 1 nitrogen and oxygen atoms in total. The summed E-state index contributed by atoms with van der Waals surface area (Å²) in [5, 5.41) is 0.739. The van der Waals surface area contributed by atoms with Gasteiger partial charge in [-0.2, -0.15) is 0 Å². The minimum absolute atomic E-state index is 0.685. The summed E-state index contributed by atoms with van der Waals surface area (Å²) in [6.07, 6.45) is 3.04. The van der Waals surface area contributed by atoms with Crippen molar-refractivity contribution in [3.05, 3.63) is 35.9 Å². The summed E-state index contributed by atoms with van der Waals surface area (Å²) in [7, 11) is 0. The SMILES string of the molecule is CCOC(=S)CCCc1ccccc1. The lowest BCUT2D eigenvalue weighted by Gasteiger charge is -2.04. The zero-order chi connectivity index (χ0) is 10.2. The van der Waals surface area contributed by atoms with Gasteiger partial charge in [0.2, 0.25) is 0 Å². The summed E-state index contributed by atoms with van der Waals surface area (Å²) in [5.41, 5.74) is 1.37. The molecule has 0 saturated carbocycles. The summed E-state index contributed by atoms with van der Waals surface area (Å²) in [4.78, 5) is 0. The van der Waals surface area contributed by atoms with Gasteiger partial charge < -0.3 is 4.74 Å². The Labute approximate surface area is 91.1 Å². The molecule has 0 bridgehead atoms. The van der Waals surface area contributed by atoms with E-state index in [4.69, 9.17) is 17.0 Å². The molecule has 0 unspecified atom stereocenters. The topological polar surface area (TPSA) is 9.23 Å². The number of aryl methyl sites for hydroxylation is 1. The van der Waals surface area contributed by atoms with E-state index in [0.29, 0.717) is 6.61 Å². The number of hydrogen-bond donors (Lipinski definition) is 0. The fourth-order valence-corrected chi connectivity index (χ4v) is 1.58. The van der Waals surface area contributed by atoms with Gasteiger partial charge in [0.15, 0.2) is 5.05 Å². The maximum Gasteiger partial charge on any atom is 0.159 e. The van der Waals surface area contributed by atoms with Gasteiger partial charge in [-0.05, 0) is 37.5 Å². The highest BCUT2D eigenvalue weighted by molar-refractivity contribution is 7.80. The van der Waals surface area contributed by atoms with E-state index in [9.17, 15) is 0 Å². The number of rotatable bonds is 5. The molecule has 76 valence electrons. The van der Waals surface area contributed by atoms with Crippen molar-refractivity contribution < 1.29 is 4.74 Å². The first-order valence-electron chi connectivity index (χ1n) is 5.02. The van der Waals surface area contributed by atoms with Crippen molar-refractivity contribution >= 4 is 17.3 Å². The van der Waals surface area contributed by atoms with Gasteiger partial charge >= 0.3 is 0 Å². The summed E-state index contributed by atoms with van der Waals surface area (Å²) in [6.45, 7) is 2.65. The van der Waals surface area contributed by atoms with Crippen LogP contribution in [0.25, 0.3) is 0 Å². The Hall–Kier alpha value is -0.890. The van der Waals surface area contributed by atoms with Gasteiger partial charge in [0.05, 0.1) is 6.61 Å². The molecule has 1 aromatic rings. The Morgan fingerprint density at radius 1 is 1.29 bits per heavy atom. The van der Waals surface area contributed by atoms with Gasteiger partial charge in [-0.25, -0.2) is 0 Å². The molecule has 0 aromatic heterocycles. The average molecular weight is 208 g/mol. The van der Waals surface area contributed by atoms with Crippen LogP contribution in [-0.2, 0) is 11.2 Å². The van der Waals surface area contributed by atoms with E-state index in [1.54, 1.807) is 0 Å². The highest BCUT2D eigenvalue weighted by Gasteiger charge is 1.97. The van der Waals surface area contributed by atoms with Crippen LogP contribution in [0.1, 0.15) is 25.3 Å². The zero-order valence-corrected chi connectivity index (χ0v) is 9.35. The van der Waals surface area contributed by atoms with Gasteiger partial charge in [0, 0.05) is 6.42 Å². The number of hydrogen-bond acceptors (Lipinski definition) is 2. The van der Waals surface area contributed by atoms with E-state index >= 15 is 0 Å². The monoisotopic (exact) mass is 208 g/mol. The standard InChI is InChI=1S/C12H16OS/c1-2-13-12(14)10-6-9-11-7-4-3-5-8-11/h3-5,7-8H,2,6,9-10H2,1H3. The second-order valence-electron chi connectivity index (χ2n) is 3.14. The van der Waals surface area contributed by atoms with E-state index in [2.05, 4.69) is 24.3 Å². The molecule has 0 heterocycles. The fourth-order valence-electron chi connectivity index (χ4n) is 1.31. The Bertz CT molecular complexity index is 269. The molecule has 0 atom stereocenters. The number of thiocarbonyl (C=S) groups is 1. The number of ether oxygens (including phenoxy) is 1. The van der Waals surface area contributed by atoms with Crippen LogP contribution in [0.4, 0.5) is 0 Å². The fraction of sp³-hybridized carbons (Fsp3) is 0.417. The molecule has 0 amide bonds. The average Bonchev–Trinajstić information content (AvgIpc) is 2.20. The van der Waals surface area contributed by atoms with Gasteiger partial charge in [0.1, 0.15) is 0 Å². The van der Waals surface area contributed by atoms with Gasteiger partial charge in [-0.15, -0.1) is 0 Å². The van der Waals surface area contributed by atoms with Crippen LogP contribution in [0.5, 0.6) is 0 Å². The Balaban J connectivity index is 2.19. The summed E-state index contributed by atoms with van der Waals surface area (Å²) >= 11 is 5.05. The van der Waals surface area contributed by atoms with Crippen molar-refractivity contribution in [2.45, 2.75) is 26.2 Å².